The number of likely N-dealkylation sites (N-methyl/N-ethyl adjacent to an activating group) is 1. The van der Waals surface area contributed by atoms with E-state index in [9.17, 15) is 8.42 Å². The largest absolute Gasteiger partial charge is 0.355 e. The van der Waals surface area contributed by atoms with Gasteiger partial charge in [0.15, 0.2) is 15.8 Å². The van der Waals surface area contributed by atoms with E-state index in [-0.39, 0.29) is 5.54 Å². The Morgan fingerprint density at radius 3 is 2.57 bits per heavy atom. The summed E-state index contributed by atoms with van der Waals surface area (Å²) < 4.78 is 23.5. The first-order chi connectivity index (χ1) is 13.1. The predicted molar refractivity (Wildman–Crippen MR) is 117 cm³/mol. The predicted octanol–water partition coefficient (Wildman–Crippen LogP) is 2.57. The van der Waals surface area contributed by atoms with Gasteiger partial charge in [-0.05, 0) is 57.0 Å². The van der Waals surface area contributed by atoms with Crippen molar-refractivity contribution < 1.29 is 8.42 Å². The van der Waals surface area contributed by atoms with Crippen LogP contribution in [0, 0.1) is 12.8 Å². The zero-order valence-electron chi connectivity index (χ0n) is 18.2. The molecule has 1 fully saturated rings. The van der Waals surface area contributed by atoms with Gasteiger partial charge in [0.25, 0.3) is 0 Å². The highest BCUT2D eigenvalue weighted by Crippen LogP contribution is 2.35. The molecule has 0 aliphatic heterocycles. The Labute approximate surface area is 170 Å². The molecule has 0 radical (unpaired) electrons. The topological polar surface area (TPSA) is 73.8 Å². The molecule has 158 valence electrons. The Hall–Kier alpha value is -1.60. The average Bonchev–Trinajstić information content (AvgIpc) is 2.60. The van der Waals surface area contributed by atoms with E-state index in [2.05, 4.69) is 41.5 Å². The molecule has 1 saturated carbocycles. The third kappa shape index (κ3) is 5.70. The molecule has 0 spiro atoms. The van der Waals surface area contributed by atoms with Gasteiger partial charge in [0.1, 0.15) is 0 Å². The number of guanidine groups is 1. The molecule has 2 atom stereocenters. The summed E-state index contributed by atoms with van der Waals surface area (Å²) in [5.41, 5.74) is 1.96. The lowest BCUT2D eigenvalue weighted by molar-refractivity contribution is 0.0795. The van der Waals surface area contributed by atoms with Crippen molar-refractivity contribution in [3.05, 3.63) is 29.3 Å². The van der Waals surface area contributed by atoms with Gasteiger partial charge >= 0.3 is 0 Å². The van der Waals surface area contributed by atoms with Crippen molar-refractivity contribution in [2.45, 2.75) is 56.5 Å². The van der Waals surface area contributed by atoms with Crippen LogP contribution in [0.15, 0.2) is 28.1 Å². The van der Waals surface area contributed by atoms with Crippen LogP contribution < -0.4 is 10.6 Å². The second-order valence-electron chi connectivity index (χ2n) is 8.47. The van der Waals surface area contributed by atoms with E-state index in [0.29, 0.717) is 11.4 Å². The molecule has 1 aliphatic rings. The number of sulfone groups is 1. The van der Waals surface area contributed by atoms with Gasteiger partial charge in [-0.1, -0.05) is 31.9 Å². The molecular weight excluding hydrogens is 372 g/mol. The van der Waals surface area contributed by atoms with E-state index in [1.807, 2.05) is 19.1 Å². The van der Waals surface area contributed by atoms with Crippen molar-refractivity contribution >= 4 is 15.8 Å². The SMILES string of the molecule is CN=C(NCc1ccc(S(C)(=O)=O)c(C)c1)NCC1(N(C)C)CCCC(C)C1. The Morgan fingerprint density at radius 1 is 1.32 bits per heavy atom. The average molecular weight is 409 g/mol. The minimum Gasteiger partial charge on any atom is -0.355 e. The summed E-state index contributed by atoms with van der Waals surface area (Å²) in [5, 5.41) is 6.85. The first-order valence-corrected chi connectivity index (χ1v) is 11.9. The number of aryl methyl sites for hydroxylation is 1. The van der Waals surface area contributed by atoms with Crippen molar-refractivity contribution in [3.63, 3.8) is 0 Å². The number of hydrogen-bond acceptors (Lipinski definition) is 4. The molecular formula is C21H36N4O2S. The Bertz CT molecular complexity index is 805. The first-order valence-electron chi connectivity index (χ1n) is 9.99. The quantitative estimate of drug-likeness (QED) is 0.559. The maximum Gasteiger partial charge on any atom is 0.191 e. The zero-order valence-corrected chi connectivity index (χ0v) is 19.0. The Kier molecular flexibility index (Phi) is 7.51. The lowest BCUT2D eigenvalue weighted by Gasteiger charge is -2.45. The van der Waals surface area contributed by atoms with Crippen molar-refractivity contribution in [1.82, 2.24) is 15.5 Å². The van der Waals surface area contributed by atoms with Crippen LogP contribution >= 0.6 is 0 Å². The van der Waals surface area contributed by atoms with Crippen LogP contribution in [0.25, 0.3) is 0 Å². The van der Waals surface area contributed by atoms with E-state index in [1.54, 1.807) is 13.1 Å². The summed E-state index contributed by atoms with van der Waals surface area (Å²) in [4.78, 5) is 7.10. The van der Waals surface area contributed by atoms with Crippen LogP contribution in [-0.4, -0.2) is 58.8 Å². The summed E-state index contributed by atoms with van der Waals surface area (Å²) in [6.07, 6.45) is 6.20. The van der Waals surface area contributed by atoms with Gasteiger partial charge in [-0.25, -0.2) is 8.42 Å². The molecule has 1 aromatic rings. The molecule has 1 aliphatic carbocycles. The summed E-state index contributed by atoms with van der Waals surface area (Å²) in [5.74, 6) is 1.51. The normalized spacial score (nSPS) is 23.7. The fraction of sp³-hybridized carbons (Fsp3) is 0.667. The van der Waals surface area contributed by atoms with Crippen molar-refractivity contribution in [1.29, 1.82) is 0 Å². The Balaban J connectivity index is 1.99. The summed E-state index contributed by atoms with van der Waals surface area (Å²) in [6, 6.07) is 5.46. The Morgan fingerprint density at radius 2 is 2.04 bits per heavy atom. The monoisotopic (exact) mass is 408 g/mol. The smallest absolute Gasteiger partial charge is 0.191 e. The van der Waals surface area contributed by atoms with E-state index >= 15 is 0 Å². The van der Waals surface area contributed by atoms with Gasteiger partial charge in [0, 0.05) is 31.9 Å². The molecule has 6 nitrogen and oxygen atoms in total. The van der Waals surface area contributed by atoms with Crippen LogP contribution in [-0.2, 0) is 16.4 Å². The fourth-order valence-corrected chi connectivity index (χ4v) is 5.21. The molecule has 2 rings (SSSR count). The maximum atomic E-state index is 11.8. The first kappa shape index (κ1) is 22.7. The van der Waals surface area contributed by atoms with Gasteiger partial charge in [0.05, 0.1) is 4.90 Å². The number of hydrogen-bond donors (Lipinski definition) is 2. The minimum absolute atomic E-state index is 0.156. The minimum atomic E-state index is -3.19. The zero-order chi connectivity index (χ0) is 20.9. The van der Waals surface area contributed by atoms with Crippen LogP contribution in [0.5, 0.6) is 0 Å². The van der Waals surface area contributed by atoms with E-state index < -0.39 is 9.84 Å². The maximum absolute atomic E-state index is 11.8. The molecule has 0 amide bonds. The number of nitrogens with zero attached hydrogens (tertiary/aromatic N) is 2. The molecule has 0 bridgehead atoms. The second-order valence-corrected chi connectivity index (χ2v) is 10.5. The second kappa shape index (κ2) is 9.27. The van der Waals surface area contributed by atoms with E-state index in [4.69, 9.17) is 0 Å². The van der Waals surface area contributed by atoms with Gasteiger partial charge in [-0.15, -0.1) is 0 Å². The number of nitrogens with one attached hydrogen (secondary N) is 2. The summed E-state index contributed by atoms with van der Waals surface area (Å²) >= 11 is 0. The van der Waals surface area contributed by atoms with Crippen molar-refractivity contribution in [3.8, 4) is 0 Å². The molecule has 0 heterocycles. The standard InChI is InChI=1S/C21H36N4O2S/c1-16-8-7-11-21(13-16,25(4)5)15-24-20(22-3)23-14-18-9-10-19(17(2)12-18)28(6,26)27/h9-10,12,16H,7-8,11,13-15H2,1-6H3,(H2,22,23,24). The molecule has 0 saturated heterocycles. The molecule has 0 aromatic heterocycles. The van der Waals surface area contributed by atoms with Gasteiger partial charge < -0.3 is 15.5 Å². The van der Waals surface area contributed by atoms with E-state index in [1.165, 1.54) is 31.9 Å². The van der Waals surface area contributed by atoms with Crippen LogP contribution in [0.4, 0.5) is 0 Å². The molecule has 1 aromatic carbocycles. The summed E-state index contributed by atoms with van der Waals surface area (Å²) in [7, 11) is 2.93. The highest BCUT2D eigenvalue weighted by Gasteiger charge is 2.36. The molecule has 7 heteroatoms. The number of benzene rings is 1. The third-order valence-corrected chi connectivity index (χ3v) is 7.18. The van der Waals surface area contributed by atoms with Crippen molar-refractivity contribution in [2.24, 2.45) is 10.9 Å². The van der Waals surface area contributed by atoms with Crippen LogP contribution in [0.3, 0.4) is 0 Å². The highest BCUT2D eigenvalue weighted by molar-refractivity contribution is 7.90. The number of aliphatic imine (C=N–C) groups is 1. The van der Waals surface area contributed by atoms with Gasteiger partial charge in [-0.2, -0.15) is 0 Å². The van der Waals surface area contributed by atoms with Gasteiger partial charge in [-0.3, -0.25) is 4.99 Å². The molecule has 2 N–H and O–H groups in total. The lowest BCUT2D eigenvalue weighted by Crippen LogP contribution is -2.56. The molecule has 28 heavy (non-hydrogen) atoms. The van der Waals surface area contributed by atoms with Gasteiger partial charge in [0.2, 0.25) is 0 Å². The molecule has 2 unspecified atom stereocenters. The van der Waals surface area contributed by atoms with Crippen molar-refractivity contribution in [2.75, 3.05) is 33.9 Å². The van der Waals surface area contributed by atoms with Crippen LogP contribution in [0.1, 0.15) is 43.7 Å². The lowest BCUT2D eigenvalue weighted by atomic mass is 9.75. The fourth-order valence-electron chi connectivity index (χ4n) is 4.25. The third-order valence-electron chi connectivity index (χ3n) is 5.92. The van der Waals surface area contributed by atoms with Crippen LogP contribution in [0.2, 0.25) is 0 Å². The number of rotatable bonds is 6. The van der Waals surface area contributed by atoms with E-state index in [0.717, 1.165) is 29.5 Å². The highest BCUT2D eigenvalue weighted by atomic mass is 32.2. The summed E-state index contributed by atoms with van der Waals surface area (Å²) in [6.45, 7) is 5.62.